The standard InChI is InChI=1S/C17H18F4N4OS2/c1-9-10(2)24-25-17-13(9)14(22)15(27-17)16(26)23-8-11-4-6-12(7-5-11)28(3,18,19,20)21/h4-7H,8,22H2,1-3H3,(H,23,26). The monoisotopic (exact) mass is 434 g/mol. The second-order valence-electron chi connectivity index (χ2n) is 6.74. The molecule has 0 unspecified atom stereocenters. The Morgan fingerprint density at radius 3 is 2.32 bits per heavy atom. The van der Waals surface area contributed by atoms with E-state index in [-0.39, 0.29) is 23.4 Å². The largest absolute Gasteiger partial charge is 0.397 e. The van der Waals surface area contributed by atoms with Crippen LogP contribution in [0.3, 0.4) is 0 Å². The number of hydrogen-bond acceptors (Lipinski definition) is 5. The van der Waals surface area contributed by atoms with E-state index in [0.717, 1.165) is 29.0 Å². The summed E-state index contributed by atoms with van der Waals surface area (Å²) in [7, 11) is -8.21. The predicted octanol–water partition coefficient (Wildman–Crippen LogP) is 5.22. The van der Waals surface area contributed by atoms with Crippen LogP contribution < -0.4 is 11.1 Å². The summed E-state index contributed by atoms with van der Waals surface area (Å²) >= 11 is 1.09. The summed E-state index contributed by atoms with van der Waals surface area (Å²) in [6.45, 7) is 3.59. The van der Waals surface area contributed by atoms with Crippen LogP contribution in [0, 0.1) is 13.8 Å². The van der Waals surface area contributed by atoms with Gasteiger partial charge in [-0.1, -0.05) is 12.1 Å². The number of hydrogen-bond donors (Lipinski definition) is 2. The topological polar surface area (TPSA) is 80.9 Å². The van der Waals surface area contributed by atoms with Gasteiger partial charge in [0.15, 0.2) is 9.84 Å². The lowest BCUT2D eigenvalue weighted by atomic mass is 10.1. The average molecular weight is 434 g/mol. The van der Waals surface area contributed by atoms with E-state index in [4.69, 9.17) is 5.73 Å². The molecule has 11 heteroatoms. The number of nitrogens with zero attached hydrogens (tertiary/aromatic N) is 2. The number of aryl methyl sites for hydroxylation is 2. The van der Waals surface area contributed by atoms with Crippen molar-refractivity contribution < 1.29 is 20.3 Å². The van der Waals surface area contributed by atoms with Crippen molar-refractivity contribution in [2.75, 3.05) is 12.0 Å². The van der Waals surface area contributed by atoms with Gasteiger partial charge in [-0.05, 0) is 37.1 Å². The average Bonchev–Trinajstić information content (AvgIpc) is 2.92. The van der Waals surface area contributed by atoms with Gasteiger partial charge in [0.05, 0.1) is 22.5 Å². The molecule has 152 valence electrons. The lowest BCUT2D eigenvalue weighted by Gasteiger charge is -2.46. The van der Waals surface area contributed by atoms with Crippen molar-refractivity contribution >= 4 is 43.0 Å². The van der Waals surface area contributed by atoms with Crippen LogP contribution in [0.1, 0.15) is 26.5 Å². The molecule has 0 radical (unpaired) electrons. The third-order valence-electron chi connectivity index (χ3n) is 4.31. The zero-order valence-corrected chi connectivity index (χ0v) is 16.9. The summed E-state index contributed by atoms with van der Waals surface area (Å²) < 4.78 is 53.6. The zero-order valence-electron chi connectivity index (χ0n) is 15.2. The highest BCUT2D eigenvalue weighted by Gasteiger charge is 2.59. The molecular weight excluding hydrogens is 416 g/mol. The molecule has 2 heterocycles. The molecule has 0 saturated heterocycles. The molecule has 3 N–H and O–H groups in total. The second-order valence-corrected chi connectivity index (χ2v) is 11.2. The van der Waals surface area contributed by atoms with Gasteiger partial charge in [0.1, 0.15) is 9.71 Å². The van der Waals surface area contributed by atoms with E-state index in [0.29, 0.717) is 33.6 Å². The van der Waals surface area contributed by atoms with Crippen LogP contribution in [-0.2, 0) is 6.54 Å². The minimum atomic E-state index is -8.21. The van der Waals surface area contributed by atoms with Crippen LogP contribution in [0.15, 0.2) is 29.2 Å². The molecule has 0 spiro atoms. The summed E-state index contributed by atoms with van der Waals surface area (Å²) in [4.78, 5) is 11.9. The summed E-state index contributed by atoms with van der Waals surface area (Å²) in [5, 5.41) is 11.3. The molecule has 0 aliphatic heterocycles. The van der Waals surface area contributed by atoms with E-state index in [1.807, 2.05) is 6.92 Å². The highest BCUT2D eigenvalue weighted by Crippen LogP contribution is 2.98. The minimum absolute atomic E-state index is 0.0335. The molecule has 2 aromatic heterocycles. The van der Waals surface area contributed by atoms with Crippen molar-refractivity contribution in [3.05, 3.63) is 46.0 Å². The molecule has 28 heavy (non-hydrogen) atoms. The number of thiophene rings is 1. The fraction of sp³-hybridized carbons (Fsp3) is 0.235. The Kier molecular flexibility index (Phi) is 4.21. The minimum Gasteiger partial charge on any atom is -0.397 e. The Bertz CT molecular complexity index is 1090. The zero-order chi connectivity index (χ0) is 21.0. The van der Waals surface area contributed by atoms with Crippen LogP contribution in [-0.4, -0.2) is 22.4 Å². The van der Waals surface area contributed by atoms with Crippen LogP contribution in [0.25, 0.3) is 10.2 Å². The fourth-order valence-electron chi connectivity index (χ4n) is 2.62. The third kappa shape index (κ3) is 3.90. The number of anilines is 1. The first kappa shape index (κ1) is 20.3. The first-order chi connectivity index (χ1) is 12.7. The SMILES string of the molecule is Cc1nnc2sc(C(=O)NCc3ccc(S(C)(F)(F)(F)F)cc3)c(N)c2c1C. The number of carbonyl (C=O) groups is 1. The van der Waals surface area contributed by atoms with Gasteiger partial charge in [-0.3, -0.25) is 4.79 Å². The first-order valence-corrected chi connectivity index (χ1v) is 11.3. The fourth-order valence-corrected chi connectivity index (χ4v) is 4.46. The molecule has 0 atom stereocenters. The van der Waals surface area contributed by atoms with Crippen LogP contribution in [0.4, 0.5) is 21.2 Å². The highest BCUT2D eigenvalue weighted by molar-refractivity contribution is 8.49. The molecule has 0 bridgehead atoms. The first-order valence-electron chi connectivity index (χ1n) is 8.06. The van der Waals surface area contributed by atoms with Gasteiger partial charge in [0, 0.05) is 11.9 Å². The Morgan fingerprint density at radius 2 is 1.75 bits per heavy atom. The molecule has 0 aliphatic carbocycles. The van der Waals surface area contributed by atoms with Crippen molar-refractivity contribution in [3.63, 3.8) is 0 Å². The summed E-state index contributed by atoms with van der Waals surface area (Å²) in [5.41, 5.74) is 8.31. The number of aromatic nitrogens is 2. The van der Waals surface area contributed by atoms with E-state index in [2.05, 4.69) is 15.5 Å². The Hall–Kier alpha value is -2.40. The number of benzene rings is 1. The maximum absolute atomic E-state index is 13.4. The molecular formula is C17H18F4N4OS2. The van der Waals surface area contributed by atoms with Crippen molar-refractivity contribution in [2.45, 2.75) is 25.3 Å². The van der Waals surface area contributed by atoms with E-state index < -0.39 is 20.6 Å². The number of carbonyl (C=O) groups excluding carboxylic acids is 1. The maximum Gasteiger partial charge on any atom is 0.263 e. The van der Waals surface area contributed by atoms with Gasteiger partial charge in [-0.2, -0.15) is 5.10 Å². The highest BCUT2D eigenvalue weighted by atomic mass is 32.5. The van der Waals surface area contributed by atoms with E-state index >= 15 is 0 Å². The van der Waals surface area contributed by atoms with Crippen LogP contribution in [0.5, 0.6) is 0 Å². The molecule has 0 saturated carbocycles. The van der Waals surface area contributed by atoms with Crippen LogP contribution >= 0.6 is 21.2 Å². The van der Waals surface area contributed by atoms with Crippen molar-refractivity contribution in [1.82, 2.24) is 15.5 Å². The third-order valence-corrected chi connectivity index (χ3v) is 6.85. The van der Waals surface area contributed by atoms with Gasteiger partial charge in [-0.15, -0.1) is 32.0 Å². The van der Waals surface area contributed by atoms with E-state index in [1.54, 1.807) is 6.92 Å². The van der Waals surface area contributed by atoms with Crippen molar-refractivity contribution in [2.24, 2.45) is 0 Å². The number of rotatable bonds is 4. The number of halogens is 4. The number of fused-ring (bicyclic) bond motifs is 1. The summed E-state index contributed by atoms with van der Waals surface area (Å²) in [6, 6.07) is 3.62. The Balaban J connectivity index is 1.79. The Morgan fingerprint density at radius 1 is 1.14 bits per heavy atom. The smallest absolute Gasteiger partial charge is 0.263 e. The van der Waals surface area contributed by atoms with Crippen molar-refractivity contribution in [3.8, 4) is 0 Å². The molecule has 0 aliphatic rings. The molecule has 1 amide bonds. The molecule has 5 nitrogen and oxygen atoms in total. The second kappa shape index (κ2) is 5.80. The molecule has 3 rings (SSSR count). The maximum atomic E-state index is 13.4. The summed E-state index contributed by atoms with van der Waals surface area (Å²) in [5.74, 6) is -0.473. The van der Waals surface area contributed by atoms with Crippen LogP contribution in [0.2, 0.25) is 0 Å². The van der Waals surface area contributed by atoms with Gasteiger partial charge >= 0.3 is 0 Å². The van der Waals surface area contributed by atoms with Gasteiger partial charge in [0.25, 0.3) is 5.91 Å². The predicted molar refractivity (Wildman–Crippen MR) is 105 cm³/mol. The van der Waals surface area contributed by atoms with Gasteiger partial charge in [0.2, 0.25) is 0 Å². The number of amides is 1. The van der Waals surface area contributed by atoms with E-state index in [1.165, 1.54) is 0 Å². The number of nitrogen functional groups attached to an aromatic ring is 1. The lowest BCUT2D eigenvalue weighted by molar-refractivity contribution is 0.0955. The van der Waals surface area contributed by atoms with E-state index in [9.17, 15) is 20.3 Å². The number of nitrogens with one attached hydrogen (secondary N) is 1. The summed E-state index contributed by atoms with van der Waals surface area (Å²) in [6.07, 6.45) is -0.326. The molecule has 0 fully saturated rings. The lowest BCUT2D eigenvalue weighted by Crippen LogP contribution is -2.22. The van der Waals surface area contributed by atoms with Gasteiger partial charge in [-0.25, -0.2) is 0 Å². The molecule has 3 aromatic rings. The molecule has 1 aromatic carbocycles. The normalized spacial score (nSPS) is 14.5. The quantitative estimate of drug-likeness (QED) is 0.552. The number of nitrogens with two attached hydrogens (primary N) is 1. The Labute approximate surface area is 162 Å². The van der Waals surface area contributed by atoms with Gasteiger partial charge < -0.3 is 11.1 Å². The van der Waals surface area contributed by atoms with Crippen molar-refractivity contribution in [1.29, 1.82) is 0 Å².